The molecule has 3 N–H and O–H groups in total. The third-order valence-electron chi connectivity index (χ3n) is 3.09. The maximum atomic E-state index is 6.00. The predicted molar refractivity (Wildman–Crippen MR) is 86.0 cm³/mol. The van der Waals surface area contributed by atoms with Gasteiger partial charge in [0.15, 0.2) is 0 Å². The molecule has 0 aliphatic rings. The summed E-state index contributed by atoms with van der Waals surface area (Å²) in [6, 6.07) is 6.12. The van der Waals surface area contributed by atoms with Crippen LogP contribution in [-0.4, -0.2) is 23.1 Å². The third-order valence-corrected chi connectivity index (χ3v) is 3.46. The second-order valence-electron chi connectivity index (χ2n) is 4.77. The van der Waals surface area contributed by atoms with Crippen LogP contribution >= 0.6 is 11.6 Å². The number of nitrogens with one attached hydrogen (secondary N) is 1. The average Bonchev–Trinajstić information content (AvgIpc) is 2.45. The molecule has 112 valence electrons. The summed E-state index contributed by atoms with van der Waals surface area (Å²) in [6.45, 7) is 5.41. The number of hydrogen-bond acceptors (Lipinski definition) is 5. The molecule has 1 aromatic carbocycles. The summed E-state index contributed by atoms with van der Waals surface area (Å²) in [7, 11) is 0. The minimum absolute atomic E-state index is 0.279. The van der Waals surface area contributed by atoms with Crippen molar-refractivity contribution < 1.29 is 4.74 Å². The highest BCUT2D eigenvalue weighted by atomic mass is 35.5. The quantitative estimate of drug-likeness (QED) is 0.802. The summed E-state index contributed by atoms with van der Waals surface area (Å²) < 4.78 is 5.83. The number of para-hydroxylation sites is 1. The smallest absolute Gasteiger partial charge is 0.150 e. The van der Waals surface area contributed by atoms with E-state index in [0.29, 0.717) is 24.0 Å². The van der Waals surface area contributed by atoms with Crippen molar-refractivity contribution in [3.8, 4) is 5.75 Å². The van der Waals surface area contributed by atoms with Gasteiger partial charge < -0.3 is 15.8 Å². The first-order valence-corrected chi connectivity index (χ1v) is 7.16. The molecule has 0 amide bonds. The van der Waals surface area contributed by atoms with Gasteiger partial charge in [-0.2, -0.15) is 0 Å². The predicted octanol–water partition coefficient (Wildman–Crippen LogP) is 3.21. The number of benzene rings is 1. The second-order valence-corrected chi connectivity index (χ2v) is 5.15. The van der Waals surface area contributed by atoms with Crippen LogP contribution in [0.25, 0.3) is 0 Å². The number of aromatic nitrogens is 2. The molecular formula is C15H19ClN4O. The van der Waals surface area contributed by atoms with E-state index in [1.54, 1.807) is 0 Å². The molecule has 6 heteroatoms. The molecule has 21 heavy (non-hydrogen) atoms. The van der Waals surface area contributed by atoms with E-state index in [-0.39, 0.29) is 5.82 Å². The number of rotatable bonds is 6. The molecule has 0 fully saturated rings. The molecule has 0 bridgehead atoms. The number of hydrogen-bond donors (Lipinski definition) is 2. The highest BCUT2D eigenvalue weighted by Crippen LogP contribution is 2.24. The molecular weight excluding hydrogens is 288 g/mol. The Morgan fingerprint density at radius 3 is 2.67 bits per heavy atom. The molecule has 0 saturated heterocycles. The Morgan fingerprint density at radius 1 is 1.24 bits per heavy atom. The lowest BCUT2D eigenvalue weighted by atomic mass is 10.1. The molecule has 0 saturated carbocycles. The van der Waals surface area contributed by atoms with Crippen molar-refractivity contribution in [1.29, 1.82) is 0 Å². The summed E-state index contributed by atoms with van der Waals surface area (Å²) in [4.78, 5) is 7.86. The third kappa shape index (κ3) is 3.98. The molecule has 0 atom stereocenters. The highest BCUT2D eigenvalue weighted by molar-refractivity contribution is 6.35. The number of nitrogen functional groups attached to an aromatic ring is 1. The lowest BCUT2D eigenvalue weighted by molar-refractivity contribution is 0.311. The topological polar surface area (TPSA) is 73.1 Å². The number of aryl methyl sites for hydroxylation is 2. The van der Waals surface area contributed by atoms with Crippen molar-refractivity contribution in [2.75, 3.05) is 24.2 Å². The number of nitrogens with zero attached hydrogens (tertiary/aromatic N) is 2. The standard InChI is InChI=1S/C15H19ClN4O/c1-10-5-3-6-11(2)13(10)21-8-4-7-18-15-12(16)14(17)19-9-20-15/h3,5-6,9H,4,7-8H2,1-2H3,(H3,17,18,19,20). The maximum absolute atomic E-state index is 6.00. The maximum Gasteiger partial charge on any atom is 0.150 e. The van der Waals surface area contributed by atoms with Gasteiger partial charge in [-0.15, -0.1) is 0 Å². The van der Waals surface area contributed by atoms with E-state index >= 15 is 0 Å². The molecule has 5 nitrogen and oxygen atoms in total. The summed E-state index contributed by atoms with van der Waals surface area (Å²) in [5, 5.41) is 3.48. The number of ether oxygens (including phenoxy) is 1. The fourth-order valence-electron chi connectivity index (χ4n) is 1.99. The van der Waals surface area contributed by atoms with Crippen LogP contribution in [0, 0.1) is 13.8 Å². The molecule has 2 rings (SSSR count). The largest absolute Gasteiger partial charge is 0.493 e. The van der Waals surface area contributed by atoms with E-state index < -0.39 is 0 Å². The Morgan fingerprint density at radius 2 is 1.95 bits per heavy atom. The van der Waals surface area contributed by atoms with Gasteiger partial charge in [0.2, 0.25) is 0 Å². The minimum Gasteiger partial charge on any atom is -0.493 e. The summed E-state index contributed by atoms with van der Waals surface area (Å²) >= 11 is 6.00. The van der Waals surface area contributed by atoms with E-state index in [1.807, 2.05) is 32.0 Å². The van der Waals surface area contributed by atoms with Crippen molar-refractivity contribution in [1.82, 2.24) is 9.97 Å². The van der Waals surface area contributed by atoms with E-state index in [4.69, 9.17) is 22.1 Å². The molecule has 0 aliphatic carbocycles. The molecule has 0 radical (unpaired) electrons. The number of anilines is 2. The van der Waals surface area contributed by atoms with Gasteiger partial charge in [-0.1, -0.05) is 29.8 Å². The first-order valence-electron chi connectivity index (χ1n) is 6.78. The van der Waals surface area contributed by atoms with Gasteiger partial charge in [-0.3, -0.25) is 0 Å². The fraction of sp³-hybridized carbons (Fsp3) is 0.333. The number of nitrogens with two attached hydrogens (primary N) is 1. The molecule has 2 aromatic rings. The van der Waals surface area contributed by atoms with Crippen LogP contribution in [-0.2, 0) is 0 Å². The molecule has 0 spiro atoms. The lowest BCUT2D eigenvalue weighted by Gasteiger charge is -2.12. The molecule has 1 heterocycles. The Bertz CT molecular complexity index is 598. The van der Waals surface area contributed by atoms with Gasteiger partial charge in [-0.25, -0.2) is 9.97 Å². The van der Waals surface area contributed by atoms with Crippen molar-refractivity contribution in [2.24, 2.45) is 0 Å². The zero-order chi connectivity index (χ0) is 15.2. The van der Waals surface area contributed by atoms with Gasteiger partial charge in [0.05, 0.1) is 6.61 Å². The van der Waals surface area contributed by atoms with Crippen molar-refractivity contribution >= 4 is 23.2 Å². The molecule has 0 unspecified atom stereocenters. The van der Waals surface area contributed by atoms with Gasteiger partial charge in [0, 0.05) is 6.54 Å². The first-order chi connectivity index (χ1) is 10.1. The van der Waals surface area contributed by atoms with Crippen LogP contribution in [0.5, 0.6) is 5.75 Å². The zero-order valence-corrected chi connectivity index (χ0v) is 12.9. The highest BCUT2D eigenvalue weighted by Gasteiger charge is 2.06. The van der Waals surface area contributed by atoms with E-state index in [0.717, 1.165) is 23.3 Å². The van der Waals surface area contributed by atoms with Crippen molar-refractivity contribution in [2.45, 2.75) is 20.3 Å². The SMILES string of the molecule is Cc1cccc(C)c1OCCCNc1ncnc(N)c1Cl. The number of halogens is 1. The van der Waals surface area contributed by atoms with Crippen molar-refractivity contribution in [3.63, 3.8) is 0 Å². The van der Waals surface area contributed by atoms with E-state index in [1.165, 1.54) is 6.33 Å². The fourth-order valence-corrected chi connectivity index (χ4v) is 2.15. The second kappa shape index (κ2) is 7.13. The minimum atomic E-state index is 0.279. The molecule has 1 aromatic heterocycles. The normalized spacial score (nSPS) is 10.4. The Kier molecular flexibility index (Phi) is 5.22. The molecule has 0 aliphatic heterocycles. The van der Waals surface area contributed by atoms with Gasteiger partial charge in [-0.05, 0) is 31.4 Å². The zero-order valence-electron chi connectivity index (χ0n) is 12.2. The van der Waals surface area contributed by atoms with Gasteiger partial charge in [0.25, 0.3) is 0 Å². The van der Waals surface area contributed by atoms with Crippen LogP contribution in [0.1, 0.15) is 17.5 Å². The average molecular weight is 307 g/mol. The van der Waals surface area contributed by atoms with Crippen LogP contribution in [0.4, 0.5) is 11.6 Å². The van der Waals surface area contributed by atoms with Crippen molar-refractivity contribution in [3.05, 3.63) is 40.7 Å². The summed E-state index contributed by atoms with van der Waals surface area (Å²) in [6.07, 6.45) is 2.21. The Labute approximate surface area is 129 Å². The van der Waals surface area contributed by atoms with Gasteiger partial charge >= 0.3 is 0 Å². The van der Waals surface area contributed by atoms with Crippen LogP contribution in [0.2, 0.25) is 5.02 Å². The summed E-state index contributed by atoms with van der Waals surface area (Å²) in [5.74, 6) is 1.79. The monoisotopic (exact) mass is 306 g/mol. The van der Waals surface area contributed by atoms with E-state index in [2.05, 4.69) is 15.3 Å². The Balaban J connectivity index is 1.79. The van der Waals surface area contributed by atoms with Crippen LogP contribution in [0.15, 0.2) is 24.5 Å². The lowest BCUT2D eigenvalue weighted by Crippen LogP contribution is -2.10. The first kappa shape index (κ1) is 15.4. The van der Waals surface area contributed by atoms with Gasteiger partial charge in [0.1, 0.15) is 28.7 Å². The Hall–Kier alpha value is -2.01. The van der Waals surface area contributed by atoms with E-state index in [9.17, 15) is 0 Å². The van der Waals surface area contributed by atoms with Crippen LogP contribution < -0.4 is 15.8 Å². The van der Waals surface area contributed by atoms with Crippen LogP contribution in [0.3, 0.4) is 0 Å². The summed E-state index contributed by atoms with van der Waals surface area (Å²) in [5.41, 5.74) is 7.91.